The zero-order valence-corrected chi connectivity index (χ0v) is 16.9. The highest BCUT2D eigenvalue weighted by Crippen LogP contribution is 2.16. The Balaban J connectivity index is 0. The molecule has 3 nitrogen and oxygen atoms in total. The largest absolute Gasteiger partial charge is 0.549 e. The number of nitrogens with zero attached hydrogens (tertiary/aromatic N) is 1. The molecule has 0 heterocycles. The van der Waals surface area contributed by atoms with Crippen molar-refractivity contribution >= 4 is 21.9 Å². The van der Waals surface area contributed by atoms with E-state index >= 15 is 0 Å². The minimum absolute atomic E-state index is 0.0764. The molecule has 0 bridgehead atoms. The fraction of sp³-hybridized carbons (Fsp3) is 0.944. The molecule has 0 spiro atoms. The number of carbonyl (C=O) groups is 1. The smallest absolute Gasteiger partial charge is 0.0786 e. The van der Waals surface area contributed by atoms with E-state index in [-0.39, 0.29) is 5.33 Å². The molecule has 0 aromatic carbocycles. The van der Waals surface area contributed by atoms with Gasteiger partial charge in [0.15, 0.2) is 0 Å². The Labute approximate surface area is 147 Å². The first kappa shape index (κ1) is 24.2. The van der Waals surface area contributed by atoms with Crippen LogP contribution in [0.5, 0.6) is 0 Å². The normalized spacial score (nSPS) is 11.0. The number of carbonyl (C=O) groups excluding carboxylic acids is 1. The molecule has 4 heteroatoms. The summed E-state index contributed by atoms with van der Waals surface area (Å²) in [5.41, 5.74) is 0. The summed E-state index contributed by atoms with van der Waals surface area (Å²) in [6.07, 6.45) is 11.1. The fourth-order valence-corrected chi connectivity index (χ4v) is 2.64. The average molecular weight is 380 g/mol. The van der Waals surface area contributed by atoms with Crippen LogP contribution >= 0.6 is 15.9 Å². The Kier molecular flexibility index (Phi) is 19.0. The van der Waals surface area contributed by atoms with Gasteiger partial charge in [0.2, 0.25) is 0 Å². The molecule has 0 saturated heterocycles. The summed E-state index contributed by atoms with van der Waals surface area (Å²) in [4.78, 5) is 9.21. The second kappa shape index (κ2) is 17.3. The highest BCUT2D eigenvalue weighted by Gasteiger charge is 2.24. The number of hydrogen-bond donors (Lipinski definition) is 0. The lowest BCUT2D eigenvalue weighted by atomic mass is 10.1. The van der Waals surface area contributed by atoms with Gasteiger partial charge in [-0.3, -0.25) is 0 Å². The van der Waals surface area contributed by atoms with Crippen molar-refractivity contribution < 1.29 is 14.4 Å². The molecule has 0 rings (SSSR count). The van der Waals surface area contributed by atoms with Gasteiger partial charge in [-0.15, -0.1) is 0 Å². The third kappa shape index (κ3) is 14.8. The molecular weight excluding hydrogens is 342 g/mol. The summed E-state index contributed by atoms with van der Waals surface area (Å²) < 4.78 is 1.42. The lowest BCUT2D eigenvalue weighted by Gasteiger charge is -2.39. The van der Waals surface area contributed by atoms with Gasteiger partial charge in [-0.05, 0) is 25.7 Å². The summed E-state index contributed by atoms with van der Waals surface area (Å²) in [6.45, 7) is 15.0. The molecule has 134 valence electrons. The molecule has 0 atom stereocenters. The number of unbranched alkanes of at least 4 members (excludes halogenated alkanes) is 4. The van der Waals surface area contributed by atoms with E-state index < -0.39 is 5.97 Å². The van der Waals surface area contributed by atoms with Gasteiger partial charge >= 0.3 is 0 Å². The van der Waals surface area contributed by atoms with Crippen molar-refractivity contribution in [2.45, 2.75) is 79.1 Å². The Bertz CT molecular complexity index is 210. The third-order valence-corrected chi connectivity index (χ3v) is 4.51. The first-order valence-corrected chi connectivity index (χ1v) is 10.2. The molecule has 0 saturated carbocycles. The lowest BCUT2D eigenvalue weighted by molar-refractivity contribution is -0.929. The minimum Gasteiger partial charge on any atom is -0.549 e. The quantitative estimate of drug-likeness (QED) is 0.356. The molecular formula is C18H38BrNO2. The Morgan fingerprint density at radius 2 is 1.00 bits per heavy atom. The van der Waals surface area contributed by atoms with Crippen LogP contribution in [0.25, 0.3) is 0 Å². The van der Waals surface area contributed by atoms with Crippen LogP contribution in [0.3, 0.4) is 0 Å². The number of carboxylic acid groups (broad SMARTS) is 1. The molecule has 0 radical (unpaired) electrons. The van der Waals surface area contributed by atoms with Crippen LogP contribution in [-0.4, -0.2) is 42.0 Å². The summed E-state index contributed by atoms with van der Waals surface area (Å²) in [6, 6.07) is 0. The number of aliphatic carboxylic acids is 1. The van der Waals surface area contributed by atoms with Crippen molar-refractivity contribution in [1.82, 2.24) is 0 Å². The Morgan fingerprint density at radius 3 is 1.14 bits per heavy atom. The van der Waals surface area contributed by atoms with Crippen LogP contribution in [0, 0.1) is 0 Å². The minimum atomic E-state index is -1.08. The topological polar surface area (TPSA) is 40.1 Å². The van der Waals surface area contributed by atoms with Crippen molar-refractivity contribution in [1.29, 1.82) is 0 Å². The van der Waals surface area contributed by atoms with E-state index in [9.17, 15) is 9.90 Å². The maximum Gasteiger partial charge on any atom is 0.0786 e. The second-order valence-corrected chi connectivity index (χ2v) is 6.72. The standard InChI is InChI=1S/C16H36N.C2H3BrO2/c1-5-9-13-17(14-10-6-2,15-11-7-3)16-12-8-4;3-1-2(4)5/h5-16H2,1-4H3;1H2,(H,4,5)/q+1;/p-1. The molecule has 0 fully saturated rings. The number of hydrogen-bond acceptors (Lipinski definition) is 2. The van der Waals surface area contributed by atoms with Crippen molar-refractivity contribution in [2.24, 2.45) is 0 Å². The van der Waals surface area contributed by atoms with Crippen molar-refractivity contribution in [3.05, 3.63) is 0 Å². The zero-order valence-electron chi connectivity index (χ0n) is 15.3. The SMILES string of the molecule is CCCC[N+](CCCC)(CCCC)CCCC.O=C([O-])CBr. The highest BCUT2D eigenvalue weighted by atomic mass is 79.9. The van der Waals surface area contributed by atoms with Crippen LogP contribution in [0.15, 0.2) is 0 Å². The van der Waals surface area contributed by atoms with Gasteiger partial charge in [0.05, 0.1) is 32.1 Å². The molecule has 22 heavy (non-hydrogen) atoms. The molecule has 0 amide bonds. The molecule has 0 aliphatic rings. The van der Waals surface area contributed by atoms with Crippen LogP contribution < -0.4 is 5.11 Å². The van der Waals surface area contributed by atoms with Gasteiger partial charge in [0.25, 0.3) is 0 Å². The predicted octanol–water partition coefficient (Wildman–Crippen LogP) is 4.13. The maximum absolute atomic E-state index is 9.21. The molecule has 0 aromatic heterocycles. The van der Waals surface area contributed by atoms with E-state index in [2.05, 4.69) is 43.6 Å². The van der Waals surface area contributed by atoms with E-state index in [1.807, 2.05) is 0 Å². The van der Waals surface area contributed by atoms with Crippen LogP contribution in [0.4, 0.5) is 0 Å². The summed E-state index contributed by atoms with van der Waals surface area (Å²) in [7, 11) is 0. The van der Waals surface area contributed by atoms with E-state index in [1.54, 1.807) is 0 Å². The summed E-state index contributed by atoms with van der Waals surface area (Å²) in [5.74, 6) is -1.08. The number of rotatable bonds is 13. The maximum atomic E-state index is 9.21. The first-order valence-electron chi connectivity index (χ1n) is 9.12. The highest BCUT2D eigenvalue weighted by molar-refractivity contribution is 9.09. The van der Waals surface area contributed by atoms with Crippen molar-refractivity contribution in [3.63, 3.8) is 0 Å². The lowest BCUT2D eigenvalue weighted by Crippen LogP contribution is -2.50. The third-order valence-electron chi connectivity index (χ3n) is 4.05. The van der Waals surface area contributed by atoms with Crippen LogP contribution in [-0.2, 0) is 4.79 Å². The van der Waals surface area contributed by atoms with Crippen molar-refractivity contribution in [3.8, 4) is 0 Å². The molecule has 0 N–H and O–H groups in total. The van der Waals surface area contributed by atoms with Gasteiger partial charge in [-0.2, -0.15) is 0 Å². The van der Waals surface area contributed by atoms with Gasteiger partial charge < -0.3 is 14.4 Å². The zero-order chi connectivity index (χ0) is 17.3. The summed E-state index contributed by atoms with van der Waals surface area (Å²) in [5, 5.41) is 9.13. The number of halogens is 1. The molecule has 0 unspecified atom stereocenters. The van der Waals surface area contributed by atoms with E-state index in [0.29, 0.717) is 0 Å². The Morgan fingerprint density at radius 1 is 0.773 bits per heavy atom. The van der Waals surface area contributed by atoms with E-state index in [0.717, 1.165) is 0 Å². The molecule has 0 aliphatic carbocycles. The predicted molar refractivity (Wildman–Crippen MR) is 98.2 cm³/mol. The van der Waals surface area contributed by atoms with Gasteiger partial charge in [-0.1, -0.05) is 69.3 Å². The van der Waals surface area contributed by atoms with Gasteiger partial charge in [-0.25, -0.2) is 0 Å². The number of alkyl halides is 1. The second-order valence-electron chi connectivity index (χ2n) is 6.16. The molecule has 0 aliphatic heterocycles. The Hall–Kier alpha value is -0.0900. The van der Waals surface area contributed by atoms with Crippen molar-refractivity contribution in [2.75, 3.05) is 31.5 Å². The number of carboxylic acids is 1. The number of quaternary nitrogens is 1. The monoisotopic (exact) mass is 379 g/mol. The van der Waals surface area contributed by atoms with Gasteiger partial charge in [0, 0.05) is 5.33 Å². The average Bonchev–Trinajstić information content (AvgIpc) is 2.54. The van der Waals surface area contributed by atoms with Crippen LogP contribution in [0.1, 0.15) is 79.1 Å². The van der Waals surface area contributed by atoms with Gasteiger partial charge in [0.1, 0.15) is 0 Å². The summed E-state index contributed by atoms with van der Waals surface area (Å²) >= 11 is 2.65. The first-order chi connectivity index (χ1) is 10.5. The fourth-order valence-electron chi connectivity index (χ4n) is 2.64. The van der Waals surface area contributed by atoms with E-state index in [4.69, 9.17) is 0 Å². The molecule has 0 aromatic rings. The van der Waals surface area contributed by atoms with E-state index in [1.165, 1.54) is 82.0 Å². The van der Waals surface area contributed by atoms with Crippen LogP contribution in [0.2, 0.25) is 0 Å².